The average molecular weight is 258 g/mol. The third-order valence-electron chi connectivity index (χ3n) is 5.78. The van der Waals surface area contributed by atoms with Gasteiger partial charge < -0.3 is 10.2 Å². The number of aromatic hydroxyl groups is 2. The molecule has 4 bridgehead atoms. The molecule has 2 heteroatoms. The number of phenols is 2. The number of rotatable bonds is 2. The Labute approximate surface area is 114 Å². The van der Waals surface area contributed by atoms with E-state index in [1.165, 1.54) is 44.1 Å². The Morgan fingerprint density at radius 2 is 1.47 bits per heavy atom. The van der Waals surface area contributed by atoms with Crippen LogP contribution in [0.5, 0.6) is 11.5 Å². The Bertz CT molecular complexity index is 471. The lowest BCUT2D eigenvalue weighted by Crippen LogP contribution is -2.47. The van der Waals surface area contributed by atoms with Gasteiger partial charge in [0, 0.05) is 0 Å². The summed E-state index contributed by atoms with van der Waals surface area (Å²) in [7, 11) is 0. The lowest BCUT2D eigenvalue weighted by Gasteiger charge is -2.57. The molecule has 0 unspecified atom stereocenters. The second-order valence-electron chi connectivity index (χ2n) is 7.42. The molecular weight excluding hydrogens is 236 g/mol. The average Bonchev–Trinajstić information content (AvgIpc) is 2.31. The summed E-state index contributed by atoms with van der Waals surface area (Å²) >= 11 is 0. The summed E-state index contributed by atoms with van der Waals surface area (Å²) in [6, 6.07) is 5.37. The van der Waals surface area contributed by atoms with Gasteiger partial charge in [0.2, 0.25) is 0 Å². The minimum atomic E-state index is -0.00531. The van der Waals surface area contributed by atoms with Crippen LogP contribution in [0.4, 0.5) is 0 Å². The third kappa shape index (κ3) is 1.92. The third-order valence-corrected chi connectivity index (χ3v) is 5.78. The van der Waals surface area contributed by atoms with E-state index in [0.717, 1.165) is 24.2 Å². The highest BCUT2D eigenvalue weighted by Gasteiger charge is 2.50. The predicted molar refractivity (Wildman–Crippen MR) is 74.1 cm³/mol. The molecular formula is C17H22O2. The Kier molecular flexibility index (Phi) is 2.39. The van der Waals surface area contributed by atoms with Crippen molar-refractivity contribution in [1.82, 2.24) is 0 Å². The summed E-state index contributed by atoms with van der Waals surface area (Å²) in [5, 5.41) is 19.1. The van der Waals surface area contributed by atoms with Gasteiger partial charge in [0.15, 0.2) is 11.5 Å². The molecule has 4 saturated carbocycles. The van der Waals surface area contributed by atoms with Crippen molar-refractivity contribution in [2.45, 2.75) is 44.9 Å². The molecule has 2 nitrogen and oxygen atoms in total. The second-order valence-corrected chi connectivity index (χ2v) is 7.42. The van der Waals surface area contributed by atoms with Gasteiger partial charge in [0.05, 0.1) is 0 Å². The first-order valence-corrected chi connectivity index (χ1v) is 7.63. The Hall–Kier alpha value is -1.18. The summed E-state index contributed by atoms with van der Waals surface area (Å²) in [4.78, 5) is 0. The molecule has 19 heavy (non-hydrogen) atoms. The first-order chi connectivity index (χ1) is 9.12. The van der Waals surface area contributed by atoms with Crippen LogP contribution in [-0.4, -0.2) is 10.2 Å². The molecule has 4 fully saturated rings. The van der Waals surface area contributed by atoms with Crippen molar-refractivity contribution in [2.75, 3.05) is 0 Å². The minimum absolute atomic E-state index is 0.00531. The molecule has 5 rings (SSSR count). The standard InChI is InChI=1S/C17H22O2/c18-15-2-1-11(6-16(15)19)7-17-8-12-3-13(9-17)5-14(4-12)10-17/h1-2,6,12-14,18-19H,3-5,7-10H2. The van der Waals surface area contributed by atoms with Crippen LogP contribution in [0.2, 0.25) is 0 Å². The van der Waals surface area contributed by atoms with Crippen molar-refractivity contribution < 1.29 is 10.2 Å². The van der Waals surface area contributed by atoms with Crippen molar-refractivity contribution in [3.05, 3.63) is 23.8 Å². The van der Waals surface area contributed by atoms with E-state index in [1.54, 1.807) is 12.1 Å². The Balaban J connectivity index is 1.60. The Morgan fingerprint density at radius 1 is 0.895 bits per heavy atom. The first-order valence-electron chi connectivity index (χ1n) is 7.63. The van der Waals surface area contributed by atoms with E-state index >= 15 is 0 Å². The molecule has 0 amide bonds. The molecule has 4 aliphatic rings. The van der Waals surface area contributed by atoms with Crippen LogP contribution in [-0.2, 0) is 6.42 Å². The van der Waals surface area contributed by atoms with Gasteiger partial charge in [0.25, 0.3) is 0 Å². The van der Waals surface area contributed by atoms with E-state index in [1.807, 2.05) is 6.07 Å². The van der Waals surface area contributed by atoms with E-state index in [0.29, 0.717) is 5.41 Å². The fraction of sp³-hybridized carbons (Fsp3) is 0.647. The monoisotopic (exact) mass is 258 g/mol. The number of hydrogen-bond donors (Lipinski definition) is 2. The van der Waals surface area contributed by atoms with Crippen LogP contribution in [0.25, 0.3) is 0 Å². The quantitative estimate of drug-likeness (QED) is 0.791. The molecule has 0 atom stereocenters. The van der Waals surface area contributed by atoms with E-state index in [4.69, 9.17) is 0 Å². The van der Waals surface area contributed by atoms with Crippen LogP contribution < -0.4 is 0 Å². The maximum Gasteiger partial charge on any atom is 0.157 e. The smallest absolute Gasteiger partial charge is 0.157 e. The highest BCUT2D eigenvalue weighted by Crippen LogP contribution is 2.61. The molecule has 4 aliphatic carbocycles. The number of phenolic OH excluding ortho intramolecular Hbond substituents is 2. The van der Waals surface area contributed by atoms with Gasteiger partial charge in [-0.15, -0.1) is 0 Å². The highest BCUT2D eigenvalue weighted by molar-refractivity contribution is 5.41. The summed E-state index contributed by atoms with van der Waals surface area (Å²) < 4.78 is 0. The molecule has 0 aliphatic heterocycles. The van der Waals surface area contributed by atoms with Crippen molar-refractivity contribution in [3.8, 4) is 11.5 Å². The minimum Gasteiger partial charge on any atom is -0.504 e. The molecule has 0 spiro atoms. The van der Waals surface area contributed by atoms with E-state index < -0.39 is 0 Å². The topological polar surface area (TPSA) is 40.5 Å². The van der Waals surface area contributed by atoms with E-state index in [2.05, 4.69) is 0 Å². The van der Waals surface area contributed by atoms with Crippen molar-refractivity contribution in [1.29, 1.82) is 0 Å². The van der Waals surface area contributed by atoms with Crippen LogP contribution >= 0.6 is 0 Å². The predicted octanol–water partition coefficient (Wildman–Crippen LogP) is 3.86. The van der Waals surface area contributed by atoms with Gasteiger partial charge in [-0.1, -0.05) is 6.07 Å². The zero-order chi connectivity index (χ0) is 13.0. The zero-order valence-electron chi connectivity index (χ0n) is 11.3. The fourth-order valence-electron chi connectivity index (χ4n) is 5.62. The van der Waals surface area contributed by atoms with Gasteiger partial charge in [0.1, 0.15) is 0 Å². The lowest BCUT2D eigenvalue weighted by molar-refractivity contribution is -0.0521. The van der Waals surface area contributed by atoms with Crippen LogP contribution in [0.1, 0.15) is 44.1 Å². The molecule has 102 valence electrons. The largest absolute Gasteiger partial charge is 0.504 e. The van der Waals surface area contributed by atoms with E-state index in [9.17, 15) is 10.2 Å². The fourth-order valence-corrected chi connectivity index (χ4v) is 5.62. The van der Waals surface area contributed by atoms with Gasteiger partial charge in [-0.05, 0) is 85.8 Å². The van der Waals surface area contributed by atoms with Gasteiger partial charge in [-0.2, -0.15) is 0 Å². The number of hydrogen-bond acceptors (Lipinski definition) is 2. The number of benzene rings is 1. The molecule has 0 saturated heterocycles. The van der Waals surface area contributed by atoms with Gasteiger partial charge >= 0.3 is 0 Å². The lowest BCUT2D eigenvalue weighted by atomic mass is 9.48. The summed E-state index contributed by atoms with van der Waals surface area (Å²) in [6.07, 6.45) is 9.67. The second kappa shape index (κ2) is 3.91. The molecule has 1 aromatic rings. The van der Waals surface area contributed by atoms with Crippen LogP contribution in [0.3, 0.4) is 0 Å². The normalized spacial score (nSPS) is 39.7. The first kappa shape index (κ1) is 11.6. The van der Waals surface area contributed by atoms with Gasteiger partial charge in [-0.3, -0.25) is 0 Å². The van der Waals surface area contributed by atoms with Crippen LogP contribution in [0.15, 0.2) is 18.2 Å². The van der Waals surface area contributed by atoms with Crippen molar-refractivity contribution in [2.24, 2.45) is 23.2 Å². The van der Waals surface area contributed by atoms with Crippen LogP contribution in [0, 0.1) is 23.2 Å². The summed E-state index contributed by atoms with van der Waals surface area (Å²) in [6.45, 7) is 0. The maximum atomic E-state index is 9.66. The Morgan fingerprint density at radius 3 is 2.00 bits per heavy atom. The zero-order valence-corrected chi connectivity index (χ0v) is 11.3. The molecule has 0 aromatic heterocycles. The SMILES string of the molecule is Oc1ccc(CC23CC4CC(CC(C4)C2)C3)cc1O. The molecule has 0 heterocycles. The highest BCUT2D eigenvalue weighted by atomic mass is 16.3. The maximum absolute atomic E-state index is 9.66. The summed E-state index contributed by atoms with van der Waals surface area (Å²) in [5.74, 6) is 2.93. The molecule has 0 radical (unpaired) electrons. The van der Waals surface area contributed by atoms with E-state index in [-0.39, 0.29) is 11.5 Å². The molecule has 1 aromatic carbocycles. The van der Waals surface area contributed by atoms with Crippen molar-refractivity contribution >= 4 is 0 Å². The van der Waals surface area contributed by atoms with Crippen molar-refractivity contribution in [3.63, 3.8) is 0 Å². The molecule has 2 N–H and O–H groups in total. The summed E-state index contributed by atoms with van der Waals surface area (Å²) in [5.41, 5.74) is 1.69. The van der Waals surface area contributed by atoms with Gasteiger partial charge in [-0.25, -0.2) is 0 Å².